The Labute approximate surface area is 265 Å². The average Bonchev–Trinajstić information content (AvgIpc) is 3.44. The highest BCUT2D eigenvalue weighted by atomic mass is 19.4. The minimum Gasteiger partial charge on any atom is -0.481 e. The monoisotopic (exact) mass is 666 g/mol. The lowest BCUT2D eigenvalue weighted by Crippen LogP contribution is -2.61. The lowest BCUT2D eigenvalue weighted by Gasteiger charge is -2.46. The van der Waals surface area contributed by atoms with E-state index < -0.39 is 47.6 Å². The quantitative estimate of drug-likeness (QED) is 0.296. The molecular weight excluding hydrogens is 634 g/mol. The molecule has 0 unspecified atom stereocenters. The number of aromatic nitrogens is 3. The Bertz CT molecular complexity index is 1650. The number of methoxy groups -OCH3 is 1. The van der Waals surface area contributed by atoms with Crippen LogP contribution in [0.1, 0.15) is 79.4 Å². The summed E-state index contributed by atoms with van der Waals surface area (Å²) < 4.78 is 92.8. The predicted octanol–water partition coefficient (Wildman–Crippen LogP) is 6.20. The van der Waals surface area contributed by atoms with E-state index in [9.17, 15) is 35.9 Å². The summed E-state index contributed by atoms with van der Waals surface area (Å²) in [5, 5.41) is 0. The van der Waals surface area contributed by atoms with Gasteiger partial charge in [-0.2, -0.15) is 26.3 Å². The van der Waals surface area contributed by atoms with Crippen molar-refractivity contribution in [2.24, 2.45) is 5.73 Å². The van der Waals surface area contributed by atoms with Gasteiger partial charge in [-0.05, 0) is 56.0 Å². The van der Waals surface area contributed by atoms with Crippen LogP contribution in [-0.4, -0.2) is 52.9 Å². The smallest absolute Gasteiger partial charge is 0.416 e. The first-order valence-electron chi connectivity index (χ1n) is 14.8. The summed E-state index contributed by atoms with van der Waals surface area (Å²) in [5.74, 6) is -0.798. The molecule has 2 aromatic heterocycles. The first-order chi connectivity index (χ1) is 22.1. The minimum atomic E-state index is -5.05. The maximum Gasteiger partial charge on any atom is 0.416 e. The van der Waals surface area contributed by atoms with Gasteiger partial charge < -0.3 is 20.1 Å². The first kappa shape index (κ1) is 33.9. The van der Waals surface area contributed by atoms with Gasteiger partial charge >= 0.3 is 18.4 Å². The van der Waals surface area contributed by atoms with E-state index in [2.05, 4.69) is 15.0 Å². The van der Waals surface area contributed by atoms with Crippen LogP contribution in [0.15, 0.2) is 36.5 Å². The third kappa shape index (κ3) is 6.68. The Hall–Kier alpha value is -4.47. The fourth-order valence-corrected chi connectivity index (χ4v) is 5.94. The topological polar surface area (TPSA) is 124 Å². The molecule has 2 aliphatic heterocycles. The molecule has 5 rings (SSSR count). The molecule has 1 saturated heterocycles. The highest BCUT2D eigenvalue weighted by Gasteiger charge is 2.47. The van der Waals surface area contributed by atoms with Gasteiger partial charge in [0.25, 0.3) is 0 Å². The van der Waals surface area contributed by atoms with E-state index in [4.69, 9.17) is 15.2 Å². The van der Waals surface area contributed by atoms with Gasteiger partial charge in [0.2, 0.25) is 11.8 Å². The number of nitrogens with two attached hydrogens (primary N) is 1. The number of pyridine rings is 1. The Morgan fingerprint density at radius 3 is 2.28 bits per heavy atom. The van der Waals surface area contributed by atoms with Crippen LogP contribution in [0.25, 0.3) is 0 Å². The van der Waals surface area contributed by atoms with Crippen molar-refractivity contribution in [1.29, 1.82) is 0 Å². The molecule has 3 aromatic rings. The van der Waals surface area contributed by atoms with Crippen molar-refractivity contribution in [2.75, 3.05) is 30.1 Å². The molecule has 1 aromatic carbocycles. The summed E-state index contributed by atoms with van der Waals surface area (Å²) in [5.41, 5.74) is 3.03. The summed E-state index contributed by atoms with van der Waals surface area (Å²) in [6, 6.07) is 4.44. The fourth-order valence-electron chi connectivity index (χ4n) is 5.94. The molecule has 2 N–H and O–H groups in total. The second-order valence-corrected chi connectivity index (χ2v) is 11.3. The second-order valence-electron chi connectivity index (χ2n) is 11.3. The van der Waals surface area contributed by atoms with Crippen LogP contribution in [-0.2, 0) is 28.3 Å². The molecule has 0 radical (unpaired) electrons. The number of amides is 2. The number of hydrogen-bond donors (Lipinski definition) is 1. The summed E-state index contributed by atoms with van der Waals surface area (Å²) in [4.78, 5) is 42.3. The highest BCUT2D eigenvalue weighted by molar-refractivity contribution is 5.95. The van der Waals surface area contributed by atoms with Crippen molar-refractivity contribution in [2.45, 2.75) is 69.9 Å². The predicted molar refractivity (Wildman–Crippen MR) is 157 cm³/mol. The normalized spacial score (nSPS) is 20.0. The lowest BCUT2D eigenvalue weighted by molar-refractivity contribution is -0.143. The molecule has 10 nitrogen and oxygen atoms in total. The zero-order chi connectivity index (χ0) is 34.3. The molecule has 1 fully saturated rings. The van der Waals surface area contributed by atoms with Crippen LogP contribution in [0.3, 0.4) is 0 Å². The van der Waals surface area contributed by atoms with Gasteiger partial charge in [0.1, 0.15) is 11.5 Å². The number of carbonyl (C=O) groups excluding carboxylic acids is 2. The van der Waals surface area contributed by atoms with Crippen molar-refractivity contribution < 1.29 is 45.4 Å². The standard InChI is InChI=1S/C31H32F6N6O4/c1-4-29(38)15-20(26-22(8-9-24(41-26)46-3)43(29)28(45)47-5-2)27-39-16-23(42-10-6-7-25(42)44)21(40-27)13-17-11-18(30(32,33)34)14-19(12-17)31(35,36)37/h8-9,11-12,14,16,20H,4-7,10,13,15,38H2,1-3H3/t20-,29+/m0/s1. The van der Waals surface area contributed by atoms with Crippen LogP contribution in [0.4, 0.5) is 42.5 Å². The molecule has 4 heterocycles. The van der Waals surface area contributed by atoms with E-state index in [1.807, 2.05) is 0 Å². The van der Waals surface area contributed by atoms with Crippen molar-refractivity contribution >= 4 is 23.4 Å². The van der Waals surface area contributed by atoms with Crippen LogP contribution in [0.5, 0.6) is 5.88 Å². The van der Waals surface area contributed by atoms with E-state index in [0.29, 0.717) is 29.9 Å². The number of rotatable bonds is 7. The third-order valence-electron chi connectivity index (χ3n) is 8.28. The maximum absolute atomic E-state index is 13.7. The number of benzene rings is 1. The Balaban J connectivity index is 1.68. The lowest BCUT2D eigenvalue weighted by atomic mass is 9.83. The zero-order valence-corrected chi connectivity index (χ0v) is 25.7. The van der Waals surface area contributed by atoms with Crippen molar-refractivity contribution in [3.63, 3.8) is 0 Å². The number of halogens is 6. The third-order valence-corrected chi connectivity index (χ3v) is 8.28. The van der Waals surface area contributed by atoms with Crippen LogP contribution >= 0.6 is 0 Å². The molecule has 0 bridgehead atoms. The number of alkyl halides is 6. The van der Waals surface area contributed by atoms with E-state index in [1.54, 1.807) is 19.9 Å². The average molecular weight is 667 g/mol. The van der Waals surface area contributed by atoms with Crippen LogP contribution < -0.4 is 20.3 Å². The Morgan fingerprint density at radius 1 is 1.04 bits per heavy atom. The zero-order valence-electron chi connectivity index (χ0n) is 25.7. The largest absolute Gasteiger partial charge is 0.481 e. The van der Waals surface area contributed by atoms with Crippen LogP contribution in [0, 0.1) is 0 Å². The van der Waals surface area contributed by atoms with E-state index in [-0.39, 0.29) is 73.0 Å². The molecule has 2 amide bonds. The van der Waals surface area contributed by atoms with Crippen molar-refractivity contribution in [3.05, 3.63) is 70.4 Å². The Morgan fingerprint density at radius 2 is 1.72 bits per heavy atom. The summed E-state index contributed by atoms with van der Waals surface area (Å²) >= 11 is 0. The molecule has 2 atom stereocenters. The summed E-state index contributed by atoms with van der Waals surface area (Å²) in [6.45, 7) is 3.76. The second kappa shape index (κ2) is 12.6. The Kier molecular flexibility index (Phi) is 9.10. The molecule has 16 heteroatoms. The van der Waals surface area contributed by atoms with Gasteiger partial charge in [0.15, 0.2) is 0 Å². The molecule has 0 spiro atoms. The molecule has 0 saturated carbocycles. The number of anilines is 2. The van der Waals surface area contributed by atoms with Gasteiger partial charge in [0, 0.05) is 25.5 Å². The van der Waals surface area contributed by atoms with Gasteiger partial charge in [-0.1, -0.05) is 6.92 Å². The molecule has 47 heavy (non-hydrogen) atoms. The van der Waals surface area contributed by atoms with Crippen LogP contribution in [0.2, 0.25) is 0 Å². The molecule has 252 valence electrons. The van der Waals surface area contributed by atoms with E-state index in [0.717, 1.165) is 0 Å². The minimum absolute atomic E-state index is 0.0265. The van der Waals surface area contributed by atoms with E-state index >= 15 is 0 Å². The summed E-state index contributed by atoms with van der Waals surface area (Å²) in [7, 11) is 1.40. The van der Waals surface area contributed by atoms with Gasteiger partial charge in [0.05, 0.1) is 59.7 Å². The molecule has 0 aliphatic carbocycles. The van der Waals surface area contributed by atoms with Gasteiger partial charge in [-0.15, -0.1) is 0 Å². The summed E-state index contributed by atoms with van der Waals surface area (Å²) in [6.07, 6.45) is -8.97. The first-order valence-corrected chi connectivity index (χ1v) is 14.8. The number of nitrogens with zero attached hydrogens (tertiary/aromatic N) is 5. The van der Waals surface area contributed by atoms with Gasteiger partial charge in [-0.25, -0.2) is 19.7 Å². The van der Waals surface area contributed by atoms with E-state index in [1.165, 1.54) is 29.2 Å². The fraction of sp³-hybridized carbons (Fsp3) is 0.452. The maximum atomic E-state index is 13.7. The molecular formula is C31H32F6N6O4. The van der Waals surface area contributed by atoms with Gasteiger partial charge in [-0.3, -0.25) is 9.69 Å². The number of carbonyl (C=O) groups is 2. The molecule has 2 aliphatic rings. The SMILES string of the molecule is CCOC(=O)N1c2ccc(OC)nc2[C@@H](c2ncc(N3CCCC3=O)c(Cc3cc(C(F)(F)F)cc(C(F)(F)F)c3)n2)C[C@@]1(N)CC. The number of hydrogen-bond acceptors (Lipinski definition) is 8. The number of fused-ring (bicyclic) bond motifs is 1. The highest BCUT2D eigenvalue weighted by Crippen LogP contribution is 2.46. The van der Waals surface area contributed by atoms with Crippen molar-refractivity contribution in [1.82, 2.24) is 15.0 Å². The van der Waals surface area contributed by atoms with Crippen molar-refractivity contribution in [3.8, 4) is 5.88 Å². The number of ether oxygens (including phenoxy) is 2.